The van der Waals surface area contributed by atoms with Gasteiger partial charge in [-0.25, -0.2) is 4.39 Å². The van der Waals surface area contributed by atoms with E-state index in [1.165, 1.54) is 17.8 Å². The first-order valence-electron chi connectivity index (χ1n) is 6.30. The third-order valence-electron chi connectivity index (χ3n) is 2.85. The van der Waals surface area contributed by atoms with E-state index in [-0.39, 0.29) is 17.8 Å². The molecule has 0 fully saturated rings. The van der Waals surface area contributed by atoms with Crippen molar-refractivity contribution in [2.24, 2.45) is 5.73 Å². The van der Waals surface area contributed by atoms with Crippen molar-refractivity contribution in [1.82, 2.24) is 5.32 Å². The molecular weight excluding hydrogens is 263 g/mol. The van der Waals surface area contributed by atoms with E-state index in [9.17, 15) is 9.18 Å². The normalized spacial score (nSPS) is 14.4. The standard InChI is InChI=1S/C14H21FN2OS/c1-10(2)17-14(3,13(16)18)8-9-19-12-7-5-4-6-11(12)15/h4-7,10,17H,8-9H2,1-3H3,(H2,16,18). The molecule has 1 aromatic carbocycles. The third kappa shape index (κ3) is 4.84. The van der Waals surface area contributed by atoms with Crippen LogP contribution in [0.5, 0.6) is 0 Å². The van der Waals surface area contributed by atoms with Crippen molar-refractivity contribution < 1.29 is 9.18 Å². The second-order valence-corrected chi connectivity index (χ2v) is 6.16. The first-order chi connectivity index (χ1) is 8.85. The van der Waals surface area contributed by atoms with Gasteiger partial charge in [-0.1, -0.05) is 12.1 Å². The molecular formula is C14H21FN2OS. The summed E-state index contributed by atoms with van der Waals surface area (Å²) in [5.74, 6) is 0.0144. The first-order valence-corrected chi connectivity index (χ1v) is 7.28. The second-order valence-electron chi connectivity index (χ2n) is 5.02. The molecule has 0 aromatic heterocycles. The Hall–Kier alpha value is -1.07. The van der Waals surface area contributed by atoms with Crippen LogP contribution in [0.2, 0.25) is 0 Å². The van der Waals surface area contributed by atoms with Crippen molar-refractivity contribution in [3.05, 3.63) is 30.1 Å². The van der Waals surface area contributed by atoms with E-state index >= 15 is 0 Å². The van der Waals surface area contributed by atoms with Crippen molar-refractivity contribution in [2.75, 3.05) is 5.75 Å². The summed E-state index contributed by atoms with van der Waals surface area (Å²) in [5.41, 5.74) is 4.69. The van der Waals surface area contributed by atoms with Crippen molar-refractivity contribution in [1.29, 1.82) is 0 Å². The van der Waals surface area contributed by atoms with Crippen LogP contribution in [0.3, 0.4) is 0 Å². The number of carbonyl (C=O) groups excluding carboxylic acids is 1. The highest BCUT2D eigenvalue weighted by Crippen LogP contribution is 2.24. The number of thioether (sulfide) groups is 1. The van der Waals surface area contributed by atoms with E-state index in [1.54, 1.807) is 25.1 Å². The molecule has 3 N–H and O–H groups in total. The molecule has 0 aliphatic carbocycles. The van der Waals surface area contributed by atoms with Gasteiger partial charge in [-0.3, -0.25) is 4.79 Å². The maximum atomic E-state index is 13.5. The van der Waals surface area contributed by atoms with Gasteiger partial charge in [0.05, 0.1) is 5.54 Å². The maximum absolute atomic E-state index is 13.5. The molecule has 0 saturated carbocycles. The maximum Gasteiger partial charge on any atom is 0.237 e. The van der Waals surface area contributed by atoms with Gasteiger partial charge in [-0.2, -0.15) is 0 Å². The molecule has 106 valence electrons. The molecule has 1 aromatic rings. The lowest BCUT2D eigenvalue weighted by Gasteiger charge is -2.29. The summed E-state index contributed by atoms with van der Waals surface area (Å²) in [6, 6.07) is 6.79. The number of primary amides is 1. The molecule has 1 atom stereocenters. The molecule has 1 unspecified atom stereocenters. The van der Waals surface area contributed by atoms with Crippen LogP contribution in [0.25, 0.3) is 0 Å². The SMILES string of the molecule is CC(C)NC(C)(CCSc1ccccc1F)C(N)=O. The Morgan fingerprint density at radius 3 is 2.63 bits per heavy atom. The summed E-state index contributed by atoms with van der Waals surface area (Å²) in [6.45, 7) is 5.72. The van der Waals surface area contributed by atoms with Crippen LogP contribution >= 0.6 is 11.8 Å². The predicted octanol–water partition coefficient (Wildman–Crippen LogP) is 2.55. The molecule has 0 radical (unpaired) electrons. The van der Waals surface area contributed by atoms with Gasteiger partial charge in [0.25, 0.3) is 0 Å². The summed E-state index contributed by atoms with van der Waals surface area (Å²) in [5, 5.41) is 3.17. The number of amides is 1. The van der Waals surface area contributed by atoms with Crippen molar-refractivity contribution in [2.45, 2.75) is 43.7 Å². The lowest BCUT2D eigenvalue weighted by Crippen LogP contribution is -2.55. The summed E-state index contributed by atoms with van der Waals surface area (Å²) in [4.78, 5) is 12.1. The zero-order valence-corrected chi connectivity index (χ0v) is 12.4. The molecule has 0 saturated heterocycles. The number of nitrogens with two attached hydrogens (primary N) is 1. The van der Waals surface area contributed by atoms with Crippen LogP contribution in [-0.2, 0) is 4.79 Å². The molecule has 0 heterocycles. The fraction of sp³-hybridized carbons (Fsp3) is 0.500. The minimum absolute atomic E-state index is 0.163. The highest BCUT2D eigenvalue weighted by Gasteiger charge is 2.30. The van der Waals surface area contributed by atoms with Gasteiger partial charge in [-0.05, 0) is 39.3 Å². The molecule has 0 aliphatic heterocycles. The van der Waals surface area contributed by atoms with Crippen molar-refractivity contribution in [3.63, 3.8) is 0 Å². The molecule has 0 bridgehead atoms. The fourth-order valence-electron chi connectivity index (χ4n) is 1.83. The number of halogens is 1. The highest BCUT2D eigenvalue weighted by atomic mass is 32.2. The van der Waals surface area contributed by atoms with Crippen LogP contribution < -0.4 is 11.1 Å². The number of benzene rings is 1. The van der Waals surface area contributed by atoms with Crippen molar-refractivity contribution >= 4 is 17.7 Å². The van der Waals surface area contributed by atoms with E-state index in [4.69, 9.17) is 5.73 Å². The van der Waals surface area contributed by atoms with Crippen LogP contribution in [0.4, 0.5) is 4.39 Å². The number of hydrogen-bond donors (Lipinski definition) is 2. The summed E-state index contributed by atoms with van der Waals surface area (Å²) >= 11 is 1.40. The molecule has 5 heteroatoms. The van der Waals surface area contributed by atoms with Crippen LogP contribution in [0.1, 0.15) is 27.2 Å². The minimum atomic E-state index is -0.758. The number of nitrogens with one attached hydrogen (secondary N) is 1. The lowest BCUT2D eigenvalue weighted by molar-refractivity contribution is -0.124. The Morgan fingerprint density at radius 1 is 1.47 bits per heavy atom. The Labute approximate surface area is 118 Å². The van der Waals surface area contributed by atoms with E-state index in [2.05, 4.69) is 5.32 Å². The van der Waals surface area contributed by atoms with Crippen LogP contribution in [0.15, 0.2) is 29.2 Å². The van der Waals surface area contributed by atoms with Gasteiger partial charge < -0.3 is 11.1 Å². The lowest BCUT2D eigenvalue weighted by atomic mass is 9.97. The van der Waals surface area contributed by atoms with Crippen LogP contribution in [0, 0.1) is 5.82 Å². The molecule has 19 heavy (non-hydrogen) atoms. The first kappa shape index (κ1) is 16.0. The number of hydrogen-bond acceptors (Lipinski definition) is 3. The monoisotopic (exact) mass is 284 g/mol. The predicted molar refractivity (Wildman–Crippen MR) is 77.6 cm³/mol. The Morgan fingerprint density at radius 2 is 2.11 bits per heavy atom. The van der Waals surface area contributed by atoms with Gasteiger partial charge >= 0.3 is 0 Å². The fourth-order valence-corrected chi connectivity index (χ4v) is 2.94. The van der Waals surface area contributed by atoms with Gasteiger partial charge in [0, 0.05) is 16.7 Å². The van der Waals surface area contributed by atoms with Crippen LogP contribution in [-0.4, -0.2) is 23.2 Å². The minimum Gasteiger partial charge on any atom is -0.368 e. The smallest absolute Gasteiger partial charge is 0.237 e. The average Bonchev–Trinajstić information content (AvgIpc) is 2.30. The summed E-state index contributed by atoms with van der Waals surface area (Å²) in [7, 11) is 0. The largest absolute Gasteiger partial charge is 0.368 e. The number of carbonyl (C=O) groups is 1. The Bertz CT molecular complexity index is 439. The number of rotatable bonds is 7. The van der Waals surface area contributed by atoms with Gasteiger partial charge in [0.1, 0.15) is 5.82 Å². The third-order valence-corrected chi connectivity index (χ3v) is 3.90. The molecule has 1 amide bonds. The Kier molecular flexibility index (Phi) is 5.82. The van der Waals surface area contributed by atoms with E-state index < -0.39 is 5.54 Å². The van der Waals surface area contributed by atoms with Gasteiger partial charge in [0.2, 0.25) is 5.91 Å². The molecule has 0 aliphatic rings. The summed E-state index contributed by atoms with van der Waals surface area (Å²) < 4.78 is 13.5. The Balaban J connectivity index is 2.58. The van der Waals surface area contributed by atoms with Gasteiger partial charge in [-0.15, -0.1) is 11.8 Å². The van der Waals surface area contributed by atoms with Gasteiger partial charge in [0.15, 0.2) is 0 Å². The molecule has 0 spiro atoms. The highest BCUT2D eigenvalue weighted by molar-refractivity contribution is 7.99. The topological polar surface area (TPSA) is 55.1 Å². The molecule has 1 rings (SSSR count). The quantitative estimate of drug-likeness (QED) is 0.757. The van der Waals surface area contributed by atoms with E-state index in [0.717, 1.165) is 0 Å². The average molecular weight is 284 g/mol. The van der Waals surface area contributed by atoms with E-state index in [1.807, 2.05) is 13.8 Å². The van der Waals surface area contributed by atoms with E-state index in [0.29, 0.717) is 17.1 Å². The zero-order valence-electron chi connectivity index (χ0n) is 11.6. The van der Waals surface area contributed by atoms with Crippen molar-refractivity contribution in [3.8, 4) is 0 Å². The molecule has 3 nitrogen and oxygen atoms in total. The zero-order chi connectivity index (χ0) is 14.5. The summed E-state index contributed by atoms with van der Waals surface area (Å²) in [6.07, 6.45) is 0.555. The second kappa shape index (κ2) is 6.91.